The minimum atomic E-state index is 0.0993. The van der Waals surface area contributed by atoms with Crippen molar-refractivity contribution in [2.24, 2.45) is 0 Å². The molecular formula is C22H33N5O2. The lowest BCUT2D eigenvalue weighted by molar-refractivity contribution is -0.134. The summed E-state index contributed by atoms with van der Waals surface area (Å²) in [6, 6.07) is 0.524. The van der Waals surface area contributed by atoms with E-state index in [1.165, 1.54) is 19.3 Å². The van der Waals surface area contributed by atoms with Gasteiger partial charge in [-0.25, -0.2) is 9.97 Å². The minimum absolute atomic E-state index is 0.0993. The summed E-state index contributed by atoms with van der Waals surface area (Å²) in [4.78, 5) is 40.1. The smallest absolute Gasteiger partial charge is 0.236 e. The highest BCUT2D eigenvalue weighted by molar-refractivity contribution is 5.78. The van der Waals surface area contributed by atoms with Crippen molar-refractivity contribution in [1.29, 1.82) is 0 Å². The van der Waals surface area contributed by atoms with Crippen molar-refractivity contribution >= 4 is 11.8 Å². The van der Waals surface area contributed by atoms with Crippen LogP contribution in [0.5, 0.6) is 0 Å². The highest BCUT2D eigenvalue weighted by atomic mass is 16.2. The van der Waals surface area contributed by atoms with Gasteiger partial charge in [0.25, 0.3) is 0 Å². The SMILES string of the molecule is CC(=O)N1CCc2nc([C@@H]3CCCN3CC(=O)N(C)C3CCCCC3)ncc2C1. The Hall–Kier alpha value is -2.02. The highest BCUT2D eigenvalue weighted by Crippen LogP contribution is 2.31. The molecule has 2 fully saturated rings. The van der Waals surface area contributed by atoms with E-state index in [1.54, 1.807) is 6.92 Å². The molecule has 0 N–H and O–H groups in total. The number of aromatic nitrogens is 2. The van der Waals surface area contributed by atoms with E-state index in [9.17, 15) is 9.59 Å². The molecule has 0 unspecified atom stereocenters. The second kappa shape index (κ2) is 8.78. The summed E-state index contributed by atoms with van der Waals surface area (Å²) >= 11 is 0. The zero-order chi connectivity index (χ0) is 20.4. The molecule has 2 amide bonds. The van der Waals surface area contributed by atoms with Crippen LogP contribution >= 0.6 is 0 Å². The number of fused-ring (bicyclic) bond motifs is 1. The predicted octanol–water partition coefficient (Wildman–Crippen LogP) is 2.31. The molecule has 3 aliphatic rings. The van der Waals surface area contributed by atoms with E-state index in [1.807, 2.05) is 23.0 Å². The van der Waals surface area contributed by atoms with Crippen molar-refractivity contribution in [1.82, 2.24) is 24.7 Å². The number of nitrogens with zero attached hydrogens (tertiary/aromatic N) is 5. The number of carbonyl (C=O) groups is 2. The topological polar surface area (TPSA) is 69.6 Å². The normalized spacial score (nSPS) is 23.1. The molecular weight excluding hydrogens is 366 g/mol. The third-order valence-corrected chi connectivity index (χ3v) is 6.91. The number of likely N-dealkylation sites (N-methyl/N-ethyl adjacent to an activating group) is 1. The Morgan fingerprint density at radius 1 is 1.14 bits per heavy atom. The summed E-state index contributed by atoms with van der Waals surface area (Å²) in [5.74, 6) is 1.16. The van der Waals surface area contributed by atoms with Gasteiger partial charge in [-0.1, -0.05) is 19.3 Å². The number of hydrogen-bond acceptors (Lipinski definition) is 5. The van der Waals surface area contributed by atoms with E-state index in [-0.39, 0.29) is 17.9 Å². The molecule has 1 saturated carbocycles. The lowest BCUT2D eigenvalue weighted by Crippen LogP contribution is -2.44. The van der Waals surface area contributed by atoms with E-state index >= 15 is 0 Å². The van der Waals surface area contributed by atoms with Gasteiger partial charge in [-0.05, 0) is 32.2 Å². The van der Waals surface area contributed by atoms with Gasteiger partial charge in [-0.3, -0.25) is 14.5 Å². The molecule has 4 rings (SSSR count). The van der Waals surface area contributed by atoms with Crippen LogP contribution in [0.25, 0.3) is 0 Å². The van der Waals surface area contributed by atoms with Crippen molar-refractivity contribution in [2.45, 2.75) is 76.9 Å². The van der Waals surface area contributed by atoms with Crippen LogP contribution in [0.15, 0.2) is 6.20 Å². The standard InChI is InChI=1S/C22H33N5O2/c1-16(28)26-12-10-19-17(14-26)13-23-22(24-19)20-9-6-11-27(20)15-21(29)25(2)18-7-4-3-5-8-18/h13,18,20H,3-12,14-15H2,1-2H3/t20-/m0/s1. The van der Waals surface area contributed by atoms with Gasteiger partial charge in [-0.2, -0.15) is 0 Å². The summed E-state index contributed by atoms with van der Waals surface area (Å²) in [6.45, 7) is 4.31. The first-order valence-corrected chi connectivity index (χ1v) is 11.1. The number of hydrogen-bond donors (Lipinski definition) is 0. The van der Waals surface area contributed by atoms with E-state index in [2.05, 4.69) is 9.88 Å². The molecule has 7 heteroatoms. The number of carbonyl (C=O) groups excluding carboxylic acids is 2. The first-order chi connectivity index (χ1) is 14.0. The molecule has 7 nitrogen and oxygen atoms in total. The molecule has 0 spiro atoms. The second-order valence-corrected chi connectivity index (χ2v) is 8.82. The van der Waals surface area contributed by atoms with Crippen LogP contribution in [0.1, 0.15) is 75.0 Å². The third-order valence-electron chi connectivity index (χ3n) is 6.91. The summed E-state index contributed by atoms with van der Waals surface area (Å²) in [5, 5.41) is 0. The molecule has 1 saturated heterocycles. The molecule has 158 valence electrons. The highest BCUT2D eigenvalue weighted by Gasteiger charge is 2.32. The largest absolute Gasteiger partial charge is 0.342 e. The molecule has 3 heterocycles. The van der Waals surface area contributed by atoms with Crippen LogP contribution < -0.4 is 0 Å². The predicted molar refractivity (Wildman–Crippen MR) is 110 cm³/mol. The van der Waals surface area contributed by atoms with Crippen LogP contribution in [0.4, 0.5) is 0 Å². The molecule has 0 radical (unpaired) electrons. The Bertz CT molecular complexity index is 762. The van der Waals surface area contributed by atoms with Gasteiger partial charge in [-0.15, -0.1) is 0 Å². The van der Waals surface area contributed by atoms with Gasteiger partial charge >= 0.3 is 0 Å². The van der Waals surface area contributed by atoms with Crippen molar-refractivity contribution in [3.05, 3.63) is 23.3 Å². The average molecular weight is 400 g/mol. The second-order valence-electron chi connectivity index (χ2n) is 8.82. The van der Waals surface area contributed by atoms with Crippen LogP contribution in [-0.2, 0) is 22.6 Å². The third kappa shape index (κ3) is 4.44. The van der Waals surface area contributed by atoms with Crippen LogP contribution in [0, 0.1) is 0 Å². The molecule has 1 atom stereocenters. The van der Waals surface area contributed by atoms with Crippen molar-refractivity contribution in [2.75, 3.05) is 26.7 Å². The van der Waals surface area contributed by atoms with E-state index < -0.39 is 0 Å². The minimum Gasteiger partial charge on any atom is -0.342 e. The van der Waals surface area contributed by atoms with Gasteiger partial charge in [0, 0.05) is 51.3 Å². The zero-order valence-electron chi connectivity index (χ0n) is 17.8. The first kappa shape index (κ1) is 20.3. The summed E-state index contributed by atoms with van der Waals surface area (Å²) in [5.41, 5.74) is 2.11. The fraction of sp³-hybridized carbons (Fsp3) is 0.727. The molecule has 1 aromatic heterocycles. The van der Waals surface area contributed by atoms with Gasteiger partial charge in [0.2, 0.25) is 11.8 Å². The average Bonchev–Trinajstić information content (AvgIpc) is 3.21. The zero-order valence-corrected chi connectivity index (χ0v) is 17.8. The lowest BCUT2D eigenvalue weighted by atomic mass is 9.94. The van der Waals surface area contributed by atoms with Crippen molar-refractivity contribution in [3.8, 4) is 0 Å². The van der Waals surface area contributed by atoms with Crippen LogP contribution in [0.2, 0.25) is 0 Å². The maximum absolute atomic E-state index is 12.9. The quantitative estimate of drug-likeness (QED) is 0.777. The monoisotopic (exact) mass is 399 g/mol. The Morgan fingerprint density at radius 2 is 1.93 bits per heavy atom. The number of rotatable bonds is 4. The molecule has 0 bridgehead atoms. The Balaban J connectivity index is 1.42. The number of amides is 2. The van der Waals surface area contributed by atoms with E-state index in [4.69, 9.17) is 4.98 Å². The van der Waals surface area contributed by atoms with Gasteiger partial charge in [0.15, 0.2) is 0 Å². The lowest BCUT2D eigenvalue weighted by Gasteiger charge is -2.33. The van der Waals surface area contributed by atoms with Crippen LogP contribution in [0.3, 0.4) is 0 Å². The Morgan fingerprint density at radius 3 is 2.69 bits per heavy atom. The summed E-state index contributed by atoms with van der Waals surface area (Å²) < 4.78 is 0. The Kier molecular flexibility index (Phi) is 6.13. The van der Waals surface area contributed by atoms with Gasteiger partial charge in [0.1, 0.15) is 5.82 Å². The molecule has 0 aromatic carbocycles. The number of likely N-dealkylation sites (tertiary alicyclic amines) is 1. The maximum atomic E-state index is 12.9. The van der Waals surface area contributed by atoms with Crippen molar-refractivity contribution < 1.29 is 9.59 Å². The molecule has 1 aromatic rings. The summed E-state index contributed by atoms with van der Waals surface area (Å²) in [7, 11) is 1.97. The van der Waals surface area contributed by atoms with Crippen LogP contribution in [-0.4, -0.2) is 69.2 Å². The Labute approximate surface area is 173 Å². The van der Waals surface area contributed by atoms with Gasteiger partial charge in [0.05, 0.1) is 18.3 Å². The molecule has 29 heavy (non-hydrogen) atoms. The van der Waals surface area contributed by atoms with Gasteiger partial charge < -0.3 is 9.80 Å². The van der Waals surface area contributed by atoms with Crippen molar-refractivity contribution in [3.63, 3.8) is 0 Å². The van der Waals surface area contributed by atoms with E-state index in [0.29, 0.717) is 19.1 Å². The van der Waals surface area contributed by atoms with E-state index in [0.717, 1.165) is 62.3 Å². The molecule has 1 aliphatic carbocycles. The fourth-order valence-corrected chi connectivity index (χ4v) is 5.03. The maximum Gasteiger partial charge on any atom is 0.236 e. The summed E-state index contributed by atoms with van der Waals surface area (Å²) in [6.07, 6.45) is 10.8. The first-order valence-electron chi connectivity index (χ1n) is 11.1. The molecule has 2 aliphatic heterocycles. The fourth-order valence-electron chi connectivity index (χ4n) is 5.03.